The summed E-state index contributed by atoms with van der Waals surface area (Å²) < 4.78 is 26.9. The van der Waals surface area contributed by atoms with Gasteiger partial charge in [-0.25, -0.2) is 13.1 Å². The van der Waals surface area contributed by atoms with Gasteiger partial charge in [-0.15, -0.1) is 24.0 Å². The maximum Gasteiger partial charge on any atom is 0.211 e. The van der Waals surface area contributed by atoms with Gasteiger partial charge >= 0.3 is 0 Å². The molecule has 1 aromatic rings. The molecular formula is C13H27IN6O2S. The Balaban J connectivity index is 0.00000484. The maximum absolute atomic E-state index is 11.2. The smallest absolute Gasteiger partial charge is 0.211 e. The number of nitrogens with one attached hydrogen (secondary N) is 3. The summed E-state index contributed by atoms with van der Waals surface area (Å²) in [5, 5.41) is 10.5. The Morgan fingerprint density at radius 1 is 1.22 bits per heavy atom. The van der Waals surface area contributed by atoms with E-state index in [1.165, 1.54) is 0 Å². The van der Waals surface area contributed by atoms with Crippen molar-refractivity contribution in [2.24, 2.45) is 4.99 Å². The first kappa shape index (κ1) is 22.1. The van der Waals surface area contributed by atoms with E-state index in [1.807, 2.05) is 16.9 Å². The third-order valence-corrected chi connectivity index (χ3v) is 4.39. The van der Waals surface area contributed by atoms with Gasteiger partial charge in [-0.05, 0) is 25.8 Å². The van der Waals surface area contributed by atoms with E-state index in [4.69, 9.17) is 0 Å². The van der Waals surface area contributed by atoms with E-state index in [1.54, 1.807) is 20.2 Å². The molecule has 0 unspecified atom stereocenters. The molecule has 0 aliphatic heterocycles. The van der Waals surface area contributed by atoms with E-state index in [2.05, 4.69) is 25.4 Å². The Labute approximate surface area is 155 Å². The van der Waals surface area contributed by atoms with Crippen molar-refractivity contribution >= 4 is 40.0 Å². The van der Waals surface area contributed by atoms with Gasteiger partial charge in [-0.2, -0.15) is 5.10 Å². The SMILES string of the molecule is CCS(=O)(=O)NCCCNC(=NC)NCCCn1cccn1.I. The van der Waals surface area contributed by atoms with Crippen LogP contribution in [0.4, 0.5) is 0 Å². The third kappa shape index (κ3) is 10.5. The van der Waals surface area contributed by atoms with Crippen LogP contribution in [0, 0.1) is 0 Å². The second-order valence-corrected chi connectivity index (χ2v) is 6.80. The lowest BCUT2D eigenvalue weighted by Crippen LogP contribution is -2.39. The Hall–Kier alpha value is -0.880. The molecule has 0 aromatic carbocycles. The highest BCUT2D eigenvalue weighted by Gasteiger charge is 2.04. The van der Waals surface area contributed by atoms with E-state index < -0.39 is 10.0 Å². The first-order valence-corrected chi connectivity index (χ1v) is 9.12. The van der Waals surface area contributed by atoms with Crippen LogP contribution >= 0.6 is 24.0 Å². The summed E-state index contributed by atoms with van der Waals surface area (Å²) >= 11 is 0. The molecule has 0 bridgehead atoms. The molecule has 1 aromatic heterocycles. The number of rotatable bonds is 10. The fourth-order valence-electron chi connectivity index (χ4n) is 1.73. The molecule has 3 N–H and O–H groups in total. The molecule has 10 heteroatoms. The van der Waals surface area contributed by atoms with E-state index in [9.17, 15) is 8.42 Å². The van der Waals surface area contributed by atoms with Crippen molar-refractivity contribution in [1.82, 2.24) is 25.1 Å². The monoisotopic (exact) mass is 458 g/mol. The van der Waals surface area contributed by atoms with Crippen LogP contribution in [0.3, 0.4) is 0 Å². The topological polar surface area (TPSA) is 100 Å². The Kier molecular flexibility index (Phi) is 12.1. The zero-order chi connectivity index (χ0) is 16.3. The van der Waals surface area contributed by atoms with Gasteiger partial charge in [0, 0.05) is 45.6 Å². The van der Waals surface area contributed by atoms with Gasteiger partial charge in [-0.1, -0.05) is 0 Å². The third-order valence-electron chi connectivity index (χ3n) is 2.99. The lowest BCUT2D eigenvalue weighted by Gasteiger charge is -2.12. The summed E-state index contributed by atoms with van der Waals surface area (Å²) in [4.78, 5) is 4.12. The molecule has 134 valence electrons. The van der Waals surface area contributed by atoms with Gasteiger partial charge in [-0.3, -0.25) is 9.67 Å². The second kappa shape index (κ2) is 12.5. The van der Waals surface area contributed by atoms with E-state index >= 15 is 0 Å². The second-order valence-electron chi connectivity index (χ2n) is 4.70. The van der Waals surface area contributed by atoms with Crippen LogP contribution in [0.5, 0.6) is 0 Å². The molecule has 0 radical (unpaired) electrons. The number of aryl methyl sites for hydroxylation is 1. The number of aromatic nitrogens is 2. The van der Waals surface area contributed by atoms with Gasteiger partial charge in [0.15, 0.2) is 5.96 Å². The van der Waals surface area contributed by atoms with Crippen molar-refractivity contribution in [3.05, 3.63) is 18.5 Å². The Bertz CT molecular complexity index is 533. The lowest BCUT2D eigenvalue weighted by atomic mass is 10.4. The Morgan fingerprint density at radius 3 is 2.48 bits per heavy atom. The molecule has 1 heterocycles. The minimum Gasteiger partial charge on any atom is -0.356 e. The highest BCUT2D eigenvalue weighted by atomic mass is 127. The zero-order valence-electron chi connectivity index (χ0n) is 13.7. The number of aliphatic imine (C=N–C) groups is 1. The number of halogens is 1. The summed E-state index contributed by atoms with van der Waals surface area (Å²) in [6.45, 7) is 4.36. The van der Waals surface area contributed by atoms with Crippen molar-refractivity contribution in [2.75, 3.05) is 32.4 Å². The molecule has 0 saturated carbocycles. The van der Waals surface area contributed by atoms with Crippen molar-refractivity contribution in [3.8, 4) is 0 Å². The largest absolute Gasteiger partial charge is 0.356 e. The number of hydrogen-bond acceptors (Lipinski definition) is 4. The van der Waals surface area contributed by atoms with Crippen molar-refractivity contribution in [3.63, 3.8) is 0 Å². The number of hydrogen-bond donors (Lipinski definition) is 3. The fraction of sp³-hybridized carbons (Fsp3) is 0.692. The maximum atomic E-state index is 11.2. The van der Waals surface area contributed by atoms with E-state index in [0.29, 0.717) is 19.5 Å². The molecule has 1 rings (SSSR count). The first-order valence-electron chi connectivity index (χ1n) is 7.46. The minimum absolute atomic E-state index is 0. The lowest BCUT2D eigenvalue weighted by molar-refractivity contribution is 0.569. The average molecular weight is 458 g/mol. The van der Waals surface area contributed by atoms with Gasteiger partial charge in [0.25, 0.3) is 0 Å². The van der Waals surface area contributed by atoms with E-state index in [-0.39, 0.29) is 29.7 Å². The minimum atomic E-state index is -3.10. The van der Waals surface area contributed by atoms with Gasteiger partial charge < -0.3 is 10.6 Å². The van der Waals surface area contributed by atoms with Gasteiger partial charge in [0.05, 0.1) is 5.75 Å². The zero-order valence-corrected chi connectivity index (χ0v) is 16.8. The summed E-state index contributed by atoms with van der Waals surface area (Å²) in [6.07, 6.45) is 5.34. The molecule has 8 nitrogen and oxygen atoms in total. The molecule has 0 aliphatic carbocycles. The van der Waals surface area contributed by atoms with Crippen LogP contribution in [-0.2, 0) is 16.6 Å². The fourth-order valence-corrected chi connectivity index (χ4v) is 2.39. The first-order chi connectivity index (χ1) is 10.6. The molecule has 23 heavy (non-hydrogen) atoms. The standard InChI is InChI=1S/C13H26N6O2S.HI/c1-3-22(20,21)18-10-4-7-15-13(14-2)16-8-5-11-19-12-6-9-17-19;/h6,9,12,18H,3-5,7-8,10-11H2,1-2H3,(H2,14,15,16);1H. The summed E-state index contributed by atoms with van der Waals surface area (Å²) in [6, 6.07) is 1.90. The number of sulfonamides is 1. The number of guanidine groups is 1. The van der Waals surface area contributed by atoms with Gasteiger partial charge in [0.1, 0.15) is 0 Å². The van der Waals surface area contributed by atoms with Crippen molar-refractivity contribution < 1.29 is 8.42 Å². The predicted octanol–water partition coefficient (Wildman–Crippen LogP) is 0.386. The summed E-state index contributed by atoms with van der Waals surface area (Å²) in [5.74, 6) is 0.832. The van der Waals surface area contributed by atoms with E-state index in [0.717, 1.165) is 25.5 Å². The Morgan fingerprint density at radius 2 is 1.91 bits per heavy atom. The average Bonchev–Trinajstić information content (AvgIpc) is 3.02. The number of nitrogens with zero attached hydrogens (tertiary/aromatic N) is 3. The van der Waals surface area contributed by atoms with Crippen LogP contribution in [0.2, 0.25) is 0 Å². The normalized spacial score (nSPS) is 11.8. The highest BCUT2D eigenvalue weighted by Crippen LogP contribution is 1.88. The molecule has 0 amide bonds. The van der Waals surface area contributed by atoms with Crippen LogP contribution in [0.15, 0.2) is 23.5 Å². The molecule has 0 atom stereocenters. The molecule has 0 aliphatic rings. The predicted molar refractivity (Wildman–Crippen MR) is 104 cm³/mol. The molecule has 0 spiro atoms. The van der Waals surface area contributed by atoms with Crippen LogP contribution in [0.1, 0.15) is 19.8 Å². The highest BCUT2D eigenvalue weighted by molar-refractivity contribution is 14.0. The van der Waals surface area contributed by atoms with Crippen LogP contribution in [0.25, 0.3) is 0 Å². The quantitative estimate of drug-likeness (QED) is 0.204. The summed E-state index contributed by atoms with van der Waals surface area (Å²) in [7, 11) is -1.39. The molecule has 0 fully saturated rings. The van der Waals surface area contributed by atoms with Crippen LogP contribution in [-0.4, -0.2) is 56.6 Å². The van der Waals surface area contributed by atoms with Crippen molar-refractivity contribution in [1.29, 1.82) is 0 Å². The van der Waals surface area contributed by atoms with Crippen molar-refractivity contribution in [2.45, 2.75) is 26.3 Å². The summed E-state index contributed by atoms with van der Waals surface area (Å²) in [5.41, 5.74) is 0. The van der Waals surface area contributed by atoms with Gasteiger partial charge in [0.2, 0.25) is 10.0 Å². The van der Waals surface area contributed by atoms with Crippen LogP contribution < -0.4 is 15.4 Å². The molecular weight excluding hydrogens is 431 g/mol. The molecule has 0 saturated heterocycles.